The molecule has 8 aromatic heterocycles. The topological polar surface area (TPSA) is 725 Å². The summed E-state index contributed by atoms with van der Waals surface area (Å²) in [4.78, 5) is 144. The highest BCUT2D eigenvalue weighted by atomic mass is 31.3. The number of fused-ring (bicyclic) bond motifs is 4. The number of anilines is 3. The van der Waals surface area contributed by atoms with Gasteiger partial charge in [0, 0.05) is 7.11 Å². The van der Waals surface area contributed by atoms with Gasteiger partial charge >= 0.3 is 5.65 Å². The molecule has 14 N–H and O–H groups in total. The van der Waals surface area contributed by atoms with Gasteiger partial charge in [0.25, 0.3) is 61.7 Å². The number of imidazole rings is 4. The molecule has 50 nitrogen and oxygen atoms in total. The molecule has 8 aromatic rings. The van der Waals surface area contributed by atoms with Crippen LogP contribution in [-0.4, -0.2) is 205 Å². The zero-order valence-corrected chi connectivity index (χ0v) is 54.1. The molecule has 4 aliphatic heterocycles. The molecule has 0 bridgehead atoms. The summed E-state index contributed by atoms with van der Waals surface area (Å²) in [5.74, 6) is -0.896. The minimum atomic E-state index is -6.73. The smallest absolute Gasteiger partial charge is 0.313 e. The van der Waals surface area contributed by atoms with E-state index in [2.05, 4.69) is 68.0 Å². The van der Waals surface area contributed by atoms with Crippen LogP contribution in [0.4, 0.5) is 17.7 Å². The van der Waals surface area contributed by atoms with Crippen LogP contribution in [-0.2, 0) is 89.3 Å². The molecule has 0 saturated carbocycles. The van der Waals surface area contributed by atoms with Crippen LogP contribution in [0.5, 0.6) is 0 Å². The largest absolute Gasteiger partial charge is 0.756 e. The SMILES string of the molecule is CO[C@@H]1[C@H](OP(=O)([O-])OC[C@H]2O[C@@H](n3cnc4c(N)ncnc43)[C@H](O)[C@@H]2OP(=O)([O-])OC[C@H]2O[C@@H](n3cnc4c(=O)[nH]c(C)nc43)[C@H](O)[C@@H]2O)[C@@H](COP(=O)([O-])OP(=O)([O-])OP(=O)([O-])OC[C@H]2O[C@@H]([n+]3cn(C)c4c(=O)[nH]c(N)nc43)[C@H](O)[C@@H]2O)O[C@H]1n1cnc2c(=O)[nH]c(N)nc21. The second kappa shape index (κ2) is 26.6. The van der Waals surface area contributed by atoms with E-state index in [0.29, 0.717) is 0 Å². The number of nitrogens with two attached hydrogens (primary N) is 3. The van der Waals surface area contributed by atoms with Crippen molar-refractivity contribution in [2.45, 2.75) is 105 Å². The van der Waals surface area contributed by atoms with Crippen LogP contribution in [0.2, 0.25) is 0 Å². The molecule has 0 aliphatic carbocycles. The first-order valence-corrected chi connectivity index (χ1v) is 35.2. The molecule has 21 atom stereocenters. The van der Waals surface area contributed by atoms with Crippen LogP contribution in [0.25, 0.3) is 44.7 Å². The van der Waals surface area contributed by atoms with Gasteiger partial charge in [0.05, 0.1) is 52.5 Å². The van der Waals surface area contributed by atoms with Gasteiger partial charge in [-0.15, -0.1) is 0 Å². The number of aromatic nitrogens is 16. The summed E-state index contributed by atoms with van der Waals surface area (Å²) in [6, 6.07) is 0. The molecule has 0 amide bonds. The van der Waals surface area contributed by atoms with Crippen molar-refractivity contribution >= 4 is 101 Å². The van der Waals surface area contributed by atoms with Gasteiger partial charge in [-0.3, -0.25) is 65.4 Å². The zero-order valence-electron chi connectivity index (χ0n) is 49.6. The Balaban J connectivity index is 0.741. The van der Waals surface area contributed by atoms with Crippen molar-refractivity contribution < 1.29 is 137 Å². The summed E-state index contributed by atoms with van der Waals surface area (Å²) in [6.07, 6.45) is -25.4. The van der Waals surface area contributed by atoms with Gasteiger partial charge in [-0.05, 0) is 6.92 Å². The third kappa shape index (κ3) is 14.1. The first-order chi connectivity index (χ1) is 46.0. The first kappa shape index (κ1) is 71.1. The number of nitrogens with one attached hydrogen (secondary N) is 3. The fraction of sp³-hybridized carbons (Fsp3) is 0.535. The summed E-state index contributed by atoms with van der Waals surface area (Å²) in [5, 5.41) is 55.3. The van der Waals surface area contributed by atoms with Crippen LogP contribution in [0, 0.1) is 6.92 Å². The molecule has 534 valence electrons. The fourth-order valence-corrected chi connectivity index (χ4v) is 16.3. The van der Waals surface area contributed by atoms with Crippen LogP contribution < -0.4 is 62.9 Å². The molecule has 55 heteroatoms. The van der Waals surface area contributed by atoms with Crippen molar-refractivity contribution in [3.8, 4) is 0 Å². The summed E-state index contributed by atoms with van der Waals surface area (Å²) in [5.41, 5.74) is 13.6. The van der Waals surface area contributed by atoms with Gasteiger partial charge in [-0.2, -0.15) is 4.98 Å². The van der Waals surface area contributed by atoms with Gasteiger partial charge in [-0.25, -0.2) is 43.1 Å². The Morgan fingerprint density at radius 1 is 0.541 bits per heavy atom. The van der Waals surface area contributed by atoms with E-state index in [1.807, 2.05) is 0 Å². The van der Waals surface area contributed by atoms with Gasteiger partial charge < -0.3 is 123 Å². The highest BCUT2D eigenvalue weighted by Crippen LogP contribution is 2.63. The number of aromatic amines is 3. The number of rotatable bonds is 25. The molecule has 12 heterocycles. The third-order valence-electron chi connectivity index (χ3n) is 15.3. The molecular formula is C43H52N19O31P5-4. The molecule has 0 spiro atoms. The Labute approximate surface area is 541 Å². The Morgan fingerprint density at radius 2 is 1.02 bits per heavy atom. The van der Waals surface area contributed by atoms with E-state index in [0.717, 1.165) is 50.7 Å². The van der Waals surface area contributed by atoms with E-state index in [9.17, 15) is 87.2 Å². The number of H-pyrrole nitrogens is 3. The maximum atomic E-state index is 14.2. The monoisotopic (exact) mass is 1490 g/mol. The maximum absolute atomic E-state index is 14.2. The number of aliphatic hydroxyl groups is 5. The van der Waals surface area contributed by atoms with E-state index < -0.39 is 192 Å². The summed E-state index contributed by atoms with van der Waals surface area (Å²) >= 11 is 0. The van der Waals surface area contributed by atoms with Crippen molar-refractivity contribution in [1.82, 2.24) is 73.1 Å². The number of nitrogen functional groups attached to an aromatic ring is 3. The number of hydrogen-bond donors (Lipinski definition) is 11. The Kier molecular flexibility index (Phi) is 19.3. The lowest BCUT2D eigenvalue weighted by Crippen LogP contribution is -2.46. The summed E-state index contributed by atoms with van der Waals surface area (Å²) in [7, 11) is -29.1. The number of aliphatic hydroxyl groups excluding tert-OH is 5. The number of nitrogens with zero attached hydrogens (tertiary/aromatic N) is 13. The Bertz CT molecular complexity index is 4820. The summed E-state index contributed by atoms with van der Waals surface area (Å²) < 4.78 is 139. The first-order valence-electron chi connectivity index (χ1n) is 27.8. The third-order valence-corrected chi connectivity index (χ3v) is 21.4. The molecule has 4 fully saturated rings. The van der Waals surface area contributed by atoms with E-state index in [1.165, 1.54) is 24.9 Å². The van der Waals surface area contributed by atoms with Crippen molar-refractivity contribution in [3.63, 3.8) is 0 Å². The normalized spacial score (nSPS) is 30.7. The van der Waals surface area contributed by atoms with E-state index in [4.69, 9.17) is 63.5 Å². The number of methoxy groups -OCH3 is 1. The highest BCUT2D eigenvalue weighted by Gasteiger charge is 2.53. The fourth-order valence-electron chi connectivity index (χ4n) is 11.0. The van der Waals surface area contributed by atoms with Crippen LogP contribution in [0.1, 0.15) is 30.7 Å². The second-order valence-electron chi connectivity index (χ2n) is 21.7. The Morgan fingerprint density at radius 3 is 1.65 bits per heavy atom. The van der Waals surface area contributed by atoms with Crippen molar-refractivity contribution in [1.29, 1.82) is 0 Å². The predicted octanol–water partition coefficient (Wildman–Crippen LogP) is -8.67. The molecule has 4 saturated heterocycles. The molecule has 5 unspecified atom stereocenters. The van der Waals surface area contributed by atoms with Crippen molar-refractivity contribution in [3.05, 3.63) is 68.5 Å². The molecule has 4 aliphatic rings. The highest BCUT2D eigenvalue weighted by molar-refractivity contribution is 7.65. The van der Waals surface area contributed by atoms with Gasteiger partial charge in [0.2, 0.25) is 17.7 Å². The number of hydrogen-bond acceptors (Lipinski definition) is 42. The van der Waals surface area contributed by atoms with Crippen molar-refractivity contribution in [2.75, 3.05) is 50.7 Å². The average molecular weight is 1490 g/mol. The lowest BCUT2D eigenvalue weighted by atomic mass is 10.1. The average Bonchev–Trinajstić information content (AvgIpc) is 1.63. The second-order valence-corrected chi connectivity index (χ2v) is 29.0. The van der Waals surface area contributed by atoms with Gasteiger partial charge in [0.15, 0.2) is 58.8 Å². The van der Waals surface area contributed by atoms with E-state index in [-0.39, 0.29) is 56.7 Å². The molecular weight excluding hydrogens is 1430 g/mol. The Hall–Kier alpha value is -6.77. The molecule has 12 rings (SSSR count). The van der Waals surface area contributed by atoms with Crippen LogP contribution in [0.15, 0.2) is 46.0 Å². The van der Waals surface area contributed by atoms with Crippen LogP contribution >= 0.6 is 39.1 Å². The number of ether oxygens (including phenoxy) is 5. The quantitative estimate of drug-likeness (QED) is 0.0187. The molecule has 98 heavy (non-hydrogen) atoms. The number of phosphoric ester groups is 4. The van der Waals surface area contributed by atoms with Gasteiger partial charge in [0.1, 0.15) is 90.9 Å². The minimum Gasteiger partial charge on any atom is -0.756 e. The minimum absolute atomic E-state index is 0.0601. The van der Waals surface area contributed by atoms with Gasteiger partial charge in [-0.1, -0.05) is 4.98 Å². The standard InChI is InChI=1S/C43H56N19O31P5/c1-13-52-32-19(35(68)53-13)50-10-60(32)38-24(65)22(63)14(86-38)4-82-94(71,72)90-27-16(88-40(26(27)67)59-9-49-18-30(44)47-8-48-31(18)59)6-83-95(73,74)91-28-17(89-41(29(28)81-3)61-11-51-20-33(61)54-42(45)56-36(20)69)7-85-97(77,78)93-98(79,80)92-96(75,76)84-5-15-23(64)25(66)39(87-15)62-12-58(2)21-34(62)55-43(46)57-37(21)70/h8-12,14-17,22-29,38-41,63-67H,4-7H2,1-3H3,(H13-,44,45,46,47,48,52,53,54,55,56,57,68,69,70,71,72,73,74,75,76,77,78,79,80)/p-4/t14-,15-,16-,17-,22-,23-,24-,25-,26-,27-,28-,29-,38-,39-,40-,41-/m1/s1. The number of phosphoric acid groups is 5. The summed E-state index contributed by atoms with van der Waals surface area (Å²) in [6.45, 7) is -3.93. The predicted molar refractivity (Wildman–Crippen MR) is 301 cm³/mol. The lowest BCUT2D eigenvalue weighted by molar-refractivity contribution is -0.745. The molecule has 0 aromatic carbocycles. The zero-order chi connectivity index (χ0) is 70.6. The van der Waals surface area contributed by atoms with Crippen LogP contribution in [0.3, 0.4) is 0 Å². The maximum Gasteiger partial charge on any atom is 0.313 e. The van der Waals surface area contributed by atoms with E-state index in [1.54, 1.807) is 0 Å². The lowest BCUT2D eigenvalue weighted by Gasteiger charge is -2.35. The number of aryl methyl sites for hydroxylation is 2. The van der Waals surface area contributed by atoms with E-state index >= 15 is 0 Å². The molecule has 0 radical (unpaired) electrons. The van der Waals surface area contributed by atoms with Crippen molar-refractivity contribution in [2.24, 2.45) is 7.05 Å².